The number of nitrogens with zero attached hydrogens (tertiary/aromatic N) is 1. The van der Waals surface area contributed by atoms with Crippen LogP contribution in [0.25, 0.3) is 0 Å². The fourth-order valence-electron chi connectivity index (χ4n) is 1.34. The molecular weight excluding hydrogens is 224 g/mol. The average molecular weight is 237 g/mol. The lowest BCUT2D eigenvalue weighted by molar-refractivity contribution is -0.120. The maximum atomic E-state index is 11.2. The van der Waals surface area contributed by atoms with Gasteiger partial charge in [-0.15, -0.1) is 0 Å². The Labute approximate surface area is 80.4 Å². The van der Waals surface area contributed by atoms with Crippen molar-refractivity contribution in [2.45, 2.75) is 17.1 Å². The van der Waals surface area contributed by atoms with Crippen LogP contribution in [0.3, 0.4) is 0 Å². The first kappa shape index (κ1) is 9.95. The molecule has 12 heavy (non-hydrogen) atoms. The average Bonchev–Trinajstić information content (AvgIpc) is 2.28. The third-order valence-corrected chi connectivity index (χ3v) is 2.95. The van der Waals surface area contributed by atoms with Crippen LogP contribution in [0.15, 0.2) is 0 Å². The molecule has 1 fully saturated rings. The second-order valence-corrected chi connectivity index (χ2v) is 4.01. The van der Waals surface area contributed by atoms with E-state index in [0.29, 0.717) is 0 Å². The molecule has 70 valence electrons. The molecule has 0 bridgehead atoms. The molecule has 0 saturated carbocycles. The first-order valence-corrected chi connectivity index (χ1v) is 4.63. The Bertz CT molecular complexity index is 186. The predicted molar refractivity (Wildman–Crippen MR) is 49.1 cm³/mol. The molecular formula is C7H13BrN2O2. The predicted octanol–water partition coefficient (Wildman–Crippen LogP) is -0.218. The van der Waals surface area contributed by atoms with Crippen molar-refractivity contribution in [1.29, 1.82) is 0 Å². The summed E-state index contributed by atoms with van der Waals surface area (Å²) in [5, 5.41) is 2.74. The third-order valence-electron chi connectivity index (χ3n) is 2.00. The molecule has 1 rings (SSSR count). The number of hydrogen-bond donors (Lipinski definition) is 1. The van der Waals surface area contributed by atoms with E-state index in [1.807, 2.05) is 19.0 Å². The molecule has 0 aromatic carbocycles. The van der Waals surface area contributed by atoms with Crippen LogP contribution < -0.4 is 5.32 Å². The molecule has 1 saturated heterocycles. The number of likely N-dealkylation sites (N-methyl/N-ethyl adjacent to an activating group) is 1. The summed E-state index contributed by atoms with van der Waals surface area (Å²) in [7, 11) is 5.43. The lowest BCUT2D eigenvalue weighted by atomic mass is 10.2. The van der Waals surface area contributed by atoms with Gasteiger partial charge in [0.15, 0.2) is 0 Å². The molecule has 0 aromatic heterocycles. The summed E-state index contributed by atoms with van der Waals surface area (Å²) in [6, 6.07) is 0.0579. The fourth-order valence-corrected chi connectivity index (χ4v) is 2.23. The van der Waals surface area contributed by atoms with Crippen LogP contribution in [0.1, 0.15) is 0 Å². The van der Waals surface area contributed by atoms with Gasteiger partial charge in [0.05, 0.1) is 6.04 Å². The Morgan fingerprint density at radius 1 is 1.58 bits per heavy atom. The van der Waals surface area contributed by atoms with Gasteiger partial charge < -0.3 is 15.0 Å². The number of halogens is 1. The lowest BCUT2D eigenvalue weighted by Crippen LogP contribution is -2.43. The maximum absolute atomic E-state index is 11.2. The molecule has 0 unspecified atom stereocenters. The Hall–Kier alpha value is -0.130. The molecule has 5 heteroatoms. The van der Waals surface area contributed by atoms with E-state index in [0.717, 1.165) is 0 Å². The van der Waals surface area contributed by atoms with Crippen molar-refractivity contribution in [3.05, 3.63) is 0 Å². The van der Waals surface area contributed by atoms with Crippen LogP contribution in [-0.4, -0.2) is 49.1 Å². The number of amides is 1. The highest BCUT2D eigenvalue weighted by Crippen LogP contribution is 2.20. The summed E-state index contributed by atoms with van der Waals surface area (Å²) in [6.45, 7) is 0. The van der Waals surface area contributed by atoms with E-state index < -0.39 is 0 Å². The number of carbonyl (C=O) groups is 1. The first-order chi connectivity index (χ1) is 5.57. The normalized spacial score (nSPS) is 35.8. The zero-order chi connectivity index (χ0) is 9.30. The van der Waals surface area contributed by atoms with E-state index in [1.165, 1.54) is 0 Å². The van der Waals surface area contributed by atoms with Crippen molar-refractivity contribution in [2.24, 2.45) is 0 Å². The van der Waals surface area contributed by atoms with Gasteiger partial charge in [0, 0.05) is 7.11 Å². The maximum Gasteiger partial charge on any atom is 0.237 e. The summed E-state index contributed by atoms with van der Waals surface area (Å²) in [5.41, 5.74) is 0. The minimum atomic E-state index is -0.211. The molecule has 4 nitrogen and oxygen atoms in total. The number of carbonyl (C=O) groups excluding carboxylic acids is 1. The first-order valence-electron chi connectivity index (χ1n) is 3.71. The van der Waals surface area contributed by atoms with Gasteiger partial charge in [0.2, 0.25) is 5.91 Å². The highest BCUT2D eigenvalue weighted by atomic mass is 79.9. The van der Waals surface area contributed by atoms with E-state index in [2.05, 4.69) is 21.2 Å². The van der Waals surface area contributed by atoms with Crippen molar-refractivity contribution in [3.63, 3.8) is 0 Å². The summed E-state index contributed by atoms with van der Waals surface area (Å²) in [5.74, 6) is -0.0134. The Morgan fingerprint density at radius 3 is 2.50 bits per heavy atom. The largest absolute Gasteiger partial charge is 0.360 e. The van der Waals surface area contributed by atoms with Crippen LogP contribution in [0.5, 0.6) is 0 Å². The van der Waals surface area contributed by atoms with Gasteiger partial charge in [-0.2, -0.15) is 0 Å². The molecule has 1 N–H and O–H groups in total. The molecule has 3 atom stereocenters. The number of ether oxygens (including phenoxy) is 1. The molecule has 0 radical (unpaired) electrons. The van der Waals surface area contributed by atoms with Gasteiger partial charge in [-0.1, -0.05) is 15.9 Å². The quantitative estimate of drug-likeness (QED) is 0.675. The van der Waals surface area contributed by atoms with Crippen molar-refractivity contribution < 1.29 is 9.53 Å². The van der Waals surface area contributed by atoms with Crippen molar-refractivity contribution in [3.8, 4) is 0 Å². The number of hydrogen-bond acceptors (Lipinski definition) is 3. The second-order valence-electron chi connectivity index (χ2n) is 3.02. The molecule has 1 aliphatic rings. The van der Waals surface area contributed by atoms with Crippen LogP contribution in [0.2, 0.25) is 0 Å². The molecule has 0 spiro atoms. The van der Waals surface area contributed by atoms with Crippen LogP contribution in [0.4, 0.5) is 0 Å². The van der Waals surface area contributed by atoms with Gasteiger partial charge in [-0.05, 0) is 14.1 Å². The second kappa shape index (κ2) is 3.72. The highest BCUT2D eigenvalue weighted by molar-refractivity contribution is 9.10. The van der Waals surface area contributed by atoms with E-state index in [1.54, 1.807) is 7.11 Å². The van der Waals surface area contributed by atoms with Crippen molar-refractivity contribution in [2.75, 3.05) is 21.2 Å². The summed E-state index contributed by atoms with van der Waals surface area (Å²) < 4.78 is 5.12. The Morgan fingerprint density at radius 2 is 2.17 bits per heavy atom. The fraction of sp³-hybridized carbons (Fsp3) is 0.857. The van der Waals surface area contributed by atoms with Crippen molar-refractivity contribution >= 4 is 21.8 Å². The summed E-state index contributed by atoms with van der Waals surface area (Å²) in [6.07, 6.45) is -0.211. The molecule has 1 amide bonds. The van der Waals surface area contributed by atoms with Gasteiger partial charge in [0.1, 0.15) is 11.1 Å². The molecule has 0 aromatic rings. The monoisotopic (exact) mass is 236 g/mol. The minimum Gasteiger partial charge on any atom is -0.360 e. The molecule has 1 aliphatic heterocycles. The topological polar surface area (TPSA) is 41.6 Å². The zero-order valence-electron chi connectivity index (χ0n) is 7.37. The lowest BCUT2D eigenvalue weighted by Gasteiger charge is -2.25. The Balaban J connectivity index is 2.73. The van der Waals surface area contributed by atoms with Gasteiger partial charge in [-0.25, -0.2) is 0 Å². The zero-order valence-corrected chi connectivity index (χ0v) is 8.96. The van der Waals surface area contributed by atoms with E-state index in [4.69, 9.17) is 4.74 Å². The minimum absolute atomic E-state index is 0.0134. The van der Waals surface area contributed by atoms with Crippen LogP contribution >= 0.6 is 15.9 Å². The summed E-state index contributed by atoms with van der Waals surface area (Å²) >= 11 is 3.32. The number of rotatable bonds is 2. The number of alkyl halides is 1. The SMILES string of the molecule is CO[C@H]1NC(=O)[C@@H](Br)[C@@H]1N(C)C. The van der Waals surface area contributed by atoms with Crippen LogP contribution in [-0.2, 0) is 9.53 Å². The standard InChI is InChI=1S/C7H13BrN2O2/c1-10(2)5-4(8)6(11)9-7(5)12-3/h4-5,7H,1-3H3,(H,9,11)/t4-,5-,7+/m0/s1. The molecule has 1 heterocycles. The van der Waals surface area contributed by atoms with E-state index in [-0.39, 0.29) is 23.0 Å². The highest BCUT2D eigenvalue weighted by Gasteiger charge is 2.42. The van der Waals surface area contributed by atoms with E-state index in [9.17, 15) is 4.79 Å². The number of nitrogens with one attached hydrogen (secondary N) is 1. The summed E-state index contributed by atoms with van der Waals surface area (Å²) in [4.78, 5) is 13.0. The van der Waals surface area contributed by atoms with Gasteiger partial charge in [0.25, 0.3) is 0 Å². The Kier molecular flexibility index (Phi) is 3.09. The third kappa shape index (κ3) is 1.62. The van der Waals surface area contributed by atoms with Crippen molar-refractivity contribution in [1.82, 2.24) is 10.2 Å². The number of methoxy groups -OCH3 is 1. The van der Waals surface area contributed by atoms with E-state index >= 15 is 0 Å². The van der Waals surface area contributed by atoms with Gasteiger partial charge >= 0.3 is 0 Å². The smallest absolute Gasteiger partial charge is 0.237 e. The molecule has 0 aliphatic carbocycles. The van der Waals surface area contributed by atoms with Crippen LogP contribution in [0, 0.1) is 0 Å². The van der Waals surface area contributed by atoms with Gasteiger partial charge in [-0.3, -0.25) is 4.79 Å².